The van der Waals surface area contributed by atoms with E-state index in [0.717, 1.165) is 42.4 Å². The first kappa shape index (κ1) is 18.5. The van der Waals surface area contributed by atoms with E-state index in [1.165, 1.54) is 0 Å². The van der Waals surface area contributed by atoms with Gasteiger partial charge in [-0.15, -0.1) is 0 Å². The molecule has 6 heteroatoms. The van der Waals surface area contributed by atoms with E-state index in [2.05, 4.69) is 21.2 Å². The molecule has 1 aliphatic heterocycles. The van der Waals surface area contributed by atoms with E-state index in [-0.39, 0.29) is 18.2 Å². The SMILES string of the molecule is N#CCC(=O)NCC1CCN(C(=O)CCc2ccccc2Br)CC1. The minimum atomic E-state index is -0.218. The lowest BCUT2D eigenvalue weighted by Gasteiger charge is -2.32. The average Bonchev–Trinajstić information content (AvgIpc) is 2.60. The number of likely N-dealkylation sites (tertiary alicyclic amines) is 1. The minimum Gasteiger partial charge on any atom is -0.355 e. The number of hydrogen-bond acceptors (Lipinski definition) is 3. The molecule has 1 fully saturated rings. The zero-order valence-corrected chi connectivity index (χ0v) is 15.2. The van der Waals surface area contributed by atoms with Gasteiger partial charge in [-0.2, -0.15) is 5.26 Å². The van der Waals surface area contributed by atoms with Crippen molar-refractivity contribution in [3.8, 4) is 6.07 Å². The van der Waals surface area contributed by atoms with Crippen molar-refractivity contribution in [3.63, 3.8) is 0 Å². The highest BCUT2D eigenvalue weighted by Crippen LogP contribution is 2.20. The summed E-state index contributed by atoms with van der Waals surface area (Å²) in [5, 5.41) is 11.2. The van der Waals surface area contributed by atoms with Gasteiger partial charge < -0.3 is 10.2 Å². The standard InChI is InChI=1S/C18H22BrN3O2/c19-16-4-2-1-3-15(16)5-6-18(24)22-11-8-14(9-12-22)13-21-17(23)7-10-20/h1-4,14H,5-9,11-13H2,(H,21,23). The van der Waals surface area contributed by atoms with E-state index in [9.17, 15) is 9.59 Å². The molecule has 0 spiro atoms. The topological polar surface area (TPSA) is 73.2 Å². The molecule has 2 amide bonds. The summed E-state index contributed by atoms with van der Waals surface area (Å²) in [4.78, 5) is 25.6. The van der Waals surface area contributed by atoms with Crippen LogP contribution in [0, 0.1) is 17.2 Å². The molecule has 0 atom stereocenters. The molecule has 5 nitrogen and oxygen atoms in total. The molecule has 0 bridgehead atoms. The molecule has 1 aromatic carbocycles. The Labute approximate surface area is 151 Å². The lowest BCUT2D eigenvalue weighted by atomic mass is 9.96. The minimum absolute atomic E-state index is 0.0909. The predicted octanol–water partition coefficient (Wildman–Crippen LogP) is 2.65. The number of aryl methyl sites for hydroxylation is 1. The van der Waals surface area contributed by atoms with Gasteiger partial charge in [0.25, 0.3) is 0 Å². The first-order chi connectivity index (χ1) is 11.6. The van der Waals surface area contributed by atoms with Gasteiger partial charge in [0.1, 0.15) is 6.42 Å². The van der Waals surface area contributed by atoms with Gasteiger partial charge in [-0.3, -0.25) is 9.59 Å². The van der Waals surface area contributed by atoms with Crippen molar-refractivity contribution < 1.29 is 9.59 Å². The van der Waals surface area contributed by atoms with Crippen molar-refractivity contribution in [2.24, 2.45) is 5.92 Å². The Bertz CT molecular complexity index is 619. The molecule has 1 heterocycles. The third kappa shape index (κ3) is 5.64. The zero-order valence-electron chi connectivity index (χ0n) is 13.6. The van der Waals surface area contributed by atoms with E-state index < -0.39 is 0 Å². The predicted molar refractivity (Wildman–Crippen MR) is 95.0 cm³/mol. The van der Waals surface area contributed by atoms with Crippen LogP contribution in [-0.2, 0) is 16.0 Å². The quantitative estimate of drug-likeness (QED) is 0.809. The van der Waals surface area contributed by atoms with Crippen molar-refractivity contribution in [3.05, 3.63) is 34.3 Å². The van der Waals surface area contributed by atoms with Gasteiger partial charge in [0.15, 0.2) is 0 Å². The number of rotatable bonds is 6. The van der Waals surface area contributed by atoms with Crippen molar-refractivity contribution in [1.82, 2.24) is 10.2 Å². The Morgan fingerprint density at radius 3 is 2.67 bits per heavy atom. The largest absolute Gasteiger partial charge is 0.355 e. The third-order valence-corrected chi connectivity index (χ3v) is 5.13. The number of piperidine rings is 1. The number of amides is 2. The van der Waals surface area contributed by atoms with Gasteiger partial charge in [-0.05, 0) is 36.8 Å². The molecule has 0 radical (unpaired) electrons. The molecule has 0 aromatic heterocycles. The van der Waals surface area contributed by atoms with Gasteiger partial charge in [-0.25, -0.2) is 0 Å². The van der Waals surface area contributed by atoms with Gasteiger partial charge in [-0.1, -0.05) is 34.1 Å². The Kier molecular flexibility index (Phi) is 7.26. The molecule has 0 unspecified atom stereocenters. The molecule has 2 rings (SSSR count). The first-order valence-electron chi connectivity index (χ1n) is 8.25. The van der Waals surface area contributed by atoms with E-state index in [1.807, 2.05) is 35.2 Å². The van der Waals surface area contributed by atoms with E-state index in [1.54, 1.807) is 0 Å². The third-order valence-electron chi connectivity index (χ3n) is 4.36. The van der Waals surface area contributed by atoms with E-state index in [4.69, 9.17) is 5.26 Å². The zero-order chi connectivity index (χ0) is 17.4. The molecule has 0 saturated carbocycles. The van der Waals surface area contributed by atoms with Crippen LogP contribution in [0.3, 0.4) is 0 Å². The Balaban J connectivity index is 1.70. The number of nitriles is 1. The highest BCUT2D eigenvalue weighted by atomic mass is 79.9. The maximum Gasteiger partial charge on any atom is 0.234 e. The number of hydrogen-bond donors (Lipinski definition) is 1. The number of benzene rings is 1. The highest BCUT2D eigenvalue weighted by molar-refractivity contribution is 9.10. The van der Waals surface area contributed by atoms with Crippen molar-refractivity contribution in [1.29, 1.82) is 5.26 Å². The van der Waals surface area contributed by atoms with Crippen molar-refractivity contribution in [2.45, 2.75) is 32.1 Å². The number of carbonyl (C=O) groups excluding carboxylic acids is 2. The molecular weight excluding hydrogens is 370 g/mol. The fraction of sp³-hybridized carbons (Fsp3) is 0.500. The van der Waals surface area contributed by atoms with Crippen molar-refractivity contribution >= 4 is 27.7 Å². The summed E-state index contributed by atoms with van der Waals surface area (Å²) >= 11 is 3.51. The summed E-state index contributed by atoms with van der Waals surface area (Å²) in [6.45, 7) is 2.08. The number of nitrogens with zero attached hydrogens (tertiary/aromatic N) is 2. The molecule has 128 valence electrons. The van der Waals surface area contributed by atoms with Gasteiger partial charge in [0.2, 0.25) is 11.8 Å². The smallest absolute Gasteiger partial charge is 0.234 e. The van der Waals surface area contributed by atoms with Crippen molar-refractivity contribution in [2.75, 3.05) is 19.6 Å². The fourth-order valence-electron chi connectivity index (χ4n) is 2.88. The van der Waals surface area contributed by atoms with E-state index in [0.29, 0.717) is 18.9 Å². The summed E-state index contributed by atoms with van der Waals surface area (Å²) < 4.78 is 1.05. The van der Waals surface area contributed by atoms with Crippen LogP contribution < -0.4 is 5.32 Å². The second-order valence-corrected chi connectivity index (χ2v) is 6.91. The molecular formula is C18H22BrN3O2. The Morgan fingerprint density at radius 1 is 1.29 bits per heavy atom. The van der Waals surface area contributed by atoms with Gasteiger partial charge in [0.05, 0.1) is 6.07 Å². The molecule has 24 heavy (non-hydrogen) atoms. The summed E-state index contributed by atoms with van der Waals surface area (Å²) in [6.07, 6.45) is 2.96. The first-order valence-corrected chi connectivity index (χ1v) is 9.04. The Morgan fingerprint density at radius 2 is 2.00 bits per heavy atom. The average molecular weight is 392 g/mol. The molecule has 1 saturated heterocycles. The van der Waals surface area contributed by atoms with Crippen LogP contribution in [0.4, 0.5) is 0 Å². The van der Waals surface area contributed by atoms with Gasteiger partial charge in [0, 0.05) is 30.5 Å². The normalized spacial score (nSPS) is 14.9. The lowest BCUT2D eigenvalue weighted by molar-refractivity contribution is -0.132. The maximum atomic E-state index is 12.3. The Hall–Kier alpha value is -1.87. The number of halogens is 1. The van der Waals surface area contributed by atoms with Crippen LogP contribution >= 0.6 is 15.9 Å². The van der Waals surface area contributed by atoms with Gasteiger partial charge >= 0.3 is 0 Å². The summed E-state index contributed by atoms with van der Waals surface area (Å²) in [5.41, 5.74) is 1.15. The van der Waals surface area contributed by atoms with Crippen LogP contribution in [0.25, 0.3) is 0 Å². The second kappa shape index (κ2) is 9.43. The summed E-state index contributed by atoms with van der Waals surface area (Å²) in [7, 11) is 0. The molecule has 0 aliphatic carbocycles. The van der Waals surface area contributed by atoms with Crippen LogP contribution in [0.2, 0.25) is 0 Å². The molecule has 1 aliphatic rings. The van der Waals surface area contributed by atoms with Crippen LogP contribution in [0.15, 0.2) is 28.7 Å². The van der Waals surface area contributed by atoms with Crippen LogP contribution in [0.1, 0.15) is 31.2 Å². The monoisotopic (exact) mass is 391 g/mol. The van der Waals surface area contributed by atoms with E-state index >= 15 is 0 Å². The number of carbonyl (C=O) groups is 2. The fourth-order valence-corrected chi connectivity index (χ4v) is 3.36. The molecule has 1 N–H and O–H groups in total. The highest BCUT2D eigenvalue weighted by Gasteiger charge is 2.22. The summed E-state index contributed by atoms with van der Waals surface area (Å²) in [6, 6.07) is 9.82. The second-order valence-electron chi connectivity index (χ2n) is 6.05. The maximum absolute atomic E-state index is 12.3. The van der Waals surface area contributed by atoms with Crippen LogP contribution in [-0.4, -0.2) is 36.3 Å². The lowest BCUT2D eigenvalue weighted by Crippen LogP contribution is -2.41. The summed E-state index contributed by atoms with van der Waals surface area (Å²) in [5.74, 6) is 0.363. The number of nitrogens with one attached hydrogen (secondary N) is 1. The van der Waals surface area contributed by atoms with Crippen LogP contribution in [0.5, 0.6) is 0 Å². The molecule has 1 aromatic rings.